The van der Waals surface area contributed by atoms with Gasteiger partial charge in [-0.25, -0.2) is 4.79 Å². The molecular weight excluding hydrogens is 292 g/mol. The summed E-state index contributed by atoms with van der Waals surface area (Å²) in [4.78, 5) is 26.2. The van der Waals surface area contributed by atoms with E-state index in [1.54, 1.807) is 10.6 Å². The van der Waals surface area contributed by atoms with Gasteiger partial charge in [0.2, 0.25) is 5.91 Å². The van der Waals surface area contributed by atoms with Crippen molar-refractivity contribution in [2.75, 3.05) is 13.1 Å². The van der Waals surface area contributed by atoms with Gasteiger partial charge >= 0.3 is 5.76 Å². The Kier molecular flexibility index (Phi) is 4.37. The van der Waals surface area contributed by atoms with Gasteiger partial charge in [-0.2, -0.15) is 0 Å². The number of fused-ring (bicyclic) bond motifs is 1. The number of nitrogens with zero attached hydrogens (tertiary/aromatic N) is 2. The number of aryl methyl sites for hydroxylation is 1. The molecule has 0 unspecified atom stereocenters. The van der Waals surface area contributed by atoms with Gasteiger partial charge in [-0.05, 0) is 43.9 Å². The van der Waals surface area contributed by atoms with E-state index in [-0.39, 0.29) is 17.7 Å². The molecule has 1 aromatic heterocycles. The summed E-state index contributed by atoms with van der Waals surface area (Å²) in [6.07, 6.45) is 4.56. The molecule has 2 heterocycles. The number of aromatic nitrogens is 1. The monoisotopic (exact) mass is 314 g/mol. The van der Waals surface area contributed by atoms with E-state index in [1.165, 1.54) is 0 Å². The molecule has 0 atom stereocenters. The summed E-state index contributed by atoms with van der Waals surface area (Å²) in [6, 6.07) is 5.91. The van der Waals surface area contributed by atoms with Crippen LogP contribution in [0, 0.1) is 6.92 Å². The second-order valence-corrected chi connectivity index (χ2v) is 6.15. The van der Waals surface area contributed by atoms with E-state index >= 15 is 0 Å². The summed E-state index contributed by atoms with van der Waals surface area (Å²) < 4.78 is 7.13. The highest BCUT2D eigenvalue weighted by atomic mass is 16.4. The topological polar surface area (TPSA) is 55.5 Å². The Morgan fingerprint density at radius 3 is 2.83 bits per heavy atom. The molecule has 0 bridgehead atoms. The Bertz CT molecular complexity index is 779. The molecule has 1 aliphatic rings. The fourth-order valence-electron chi connectivity index (χ4n) is 3.25. The van der Waals surface area contributed by atoms with Crippen LogP contribution in [-0.4, -0.2) is 28.5 Å². The Morgan fingerprint density at radius 1 is 1.39 bits per heavy atom. The number of likely N-dealkylation sites (tertiary alicyclic amines) is 1. The smallest absolute Gasteiger partial charge is 0.408 e. The maximum Gasteiger partial charge on any atom is 0.420 e. The fourth-order valence-corrected chi connectivity index (χ4v) is 3.25. The number of benzene rings is 1. The Balaban J connectivity index is 1.75. The minimum atomic E-state index is -0.304. The molecule has 1 saturated heterocycles. The van der Waals surface area contributed by atoms with Crippen LogP contribution < -0.4 is 5.76 Å². The van der Waals surface area contributed by atoms with Crippen LogP contribution in [0.2, 0.25) is 0 Å². The molecule has 5 heteroatoms. The van der Waals surface area contributed by atoms with Gasteiger partial charge in [0.25, 0.3) is 0 Å². The van der Waals surface area contributed by atoms with Crippen molar-refractivity contribution in [3.05, 3.63) is 47.0 Å². The Hall–Kier alpha value is -2.30. The highest BCUT2D eigenvalue weighted by molar-refractivity contribution is 5.76. The number of amides is 1. The summed E-state index contributed by atoms with van der Waals surface area (Å²) in [7, 11) is 0. The van der Waals surface area contributed by atoms with Crippen molar-refractivity contribution in [2.45, 2.75) is 38.6 Å². The SMILES string of the molecule is C=CCCC(=O)N1CCC(n2c(=O)oc3cc(C)ccc32)CC1. The average molecular weight is 314 g/mol. The zero-order valence-corrected chi connectivity index (χ0v) is 13.5. The summed E-state index contributed by atoms with van der Waals surface area (Å²) >= 11 is 0. The lowest BCUT2D eigenvalue weighted by Gasteiger charge is -2.32. The van der Waals surface area contributed by atoms with Crippen molar-refractivity contribution in [1.29, 1.82) is 0 Å². The minimum absolute atomic E-state index is 0.0925. The van der Waals surface area contributed by atoms with Gasteiger partial charge in [0.15, 0.2) is 5.58 Å². The third-order valence-corrected chi connectivity index (χ3v) is 4.51. The number of oxazole rings is 1. The van der Waals surface area contributed by atoms with Crippen LogP contribution in [0.1, 0.15) is 37.3 Å². The molecule has 0 radical (unpaired) electrons. The zero-order chi connectivity index (χ0) is 16.4. The normalized spacial score (nSPS) is 16.0. The molecule has 0 aliphatic carbocycles. The molecule has 0 N–H and O–H groups in total. The molecule has 1 aromatic carbocycles. The molecule has 1 amide bonds. The third kappa shape index (κ3) is 3.09. The first-order valence-electron chi connectivity index (χ1n) is 8.10. The maximum absolute atomic E-state index is 12.2. The van der Waals surface area contributed by atoms with Crippen LogP contribution in [-0.2, 0) is 4.79 Å². The van der Waals surface area contributed by atoms with Gasteiger partial charge in [0, 0.05) is 25.6 Å². The van der Waals surface area contributed by atoms with Crippen LogP contribution in [0.25, 0.3) is 11.1 Å². The second kappa shape index (κ2) is 6.44. The molecule has 0 spiro atoms. The van der Waals surface area contributed by atoms with Crippen molar-refractivity contribution < 1.29 is 9.21 Å². The van der Waals surface area contributed by atoms with Crippen molar-refractivity contribution in [3.63, 3.8) is 0 Å². The number of carbonyl (C=O) groups is 1. The van der Waals surface area contributed by atoms with E-state index in [1.807, 2.05) is 30.0 Å². The molecule has 5 nitrogen and oxygen atoms in total. The molecule has 1 aliphatic heterocycles. The number of hydrogen-bond acceptors (Lipinski definition) is 3. The predicted octanol–water partition coefficient (Wildman–Crippen LogP) is 3.03. The highest BCUT2D eigenvalue weighted by Gasteiger charge is 2.26. The highest BCUT2D eigenvalue weighted by Crippen LogP contribution is 2.26. The first kappa shape index (κ1) is 15.6. The van der Waals surface area contributed by atoms with Crippen molar-refractivity contribution in [3.8, 4) is 0 Å². The fraction of sp³-hybridized carbons (Fsp3) is 0.444. The quantitative estimate of drug-likeness (QED) is 0.815. The molecule has 23 heavy (non-hydrogen) atoms. The maximum atomic E-state index is 12.2. The van der Waals surface area contributed by atoms with Crippen molar-refractivity contribution >= 4 is 17.0 Å². The van der Waals surface area contributed by atoms with E-state index in [0.717, 1.165) is 23.9 Å². The van der Waals surface area contributed by atoms with Crippen LogP contribution in [0.4, 0.5) is 0 Å². The van der Waals surface area contributed by atoms with Gasteiger partial charge in [0.05, 0.1) is 5.52 Å². The number of carbonyl (C=O) groups excluding carboxylic acids is 1. The third-order valence-electron chi connectivity index (χ3n) is 4.51. The van der Waals surface area contributed by atoms with E-state index in [0.29, 0.717) is 31.5 Å². The average Bonchev–Trinajstić information content (AvgIpc) is 2.87. The van der Waals surface area contributed by atoms with E-state index in [4.69, 9.17) is 4.42 Å². The lowest BCUT2D eigenvalue weighted by atomic mass is 10.0. The van der Waals surface area contributed by atoms with E-state index < -0.39 is 0 Å². The van der Waals surface area contributed by atoms with Gasteiger partial charge in [0.1, 0.15) is 0 Å². The van der Waals surface area contributed by atoms with E-state index in [9.17, 15) is 9.59 Å². The zero-order valence-electron chi connectivity index (χ0n) is 13.5. The largest absolute Gasteiger partial charge is 0.420 e. The molecule has 2 aromatic rings. The number of allylic oxidation sites excluding steroid dienone is 1. The van der Waals surface area contributed by atoms with Gasteiger partial charge < -0.3 is 9.32 Å². The molecule has 1 fully saturated rings. The molecule has 0 saturated carbocycles. The van der Waals surface area contributed by atoms with Crippen LogP contribution in [0.15, 0.2) is 40.1 Å². The van der Waals surface area contributed by atoms with Gasteiger partial charge in [-0.15, -0.1) is 6.58 Å². The first-order chi connectivity index (χ1) is 11.1. The summed E-state index contributed by atoms with van der Waals surface area (Å²) in [6.45, 7) is 7.00. The number of piperidine rings is 1. The lowest BCUT2D eigenvalue weighted by molar-refractivity contribution is -0.132. The van der Waals surface area contributed by atoms with Crippen LogP contribution in [0.3, 0.4) is 0 Å². The van der Waals surface area contributed by atoms with Crippen LogP contribution >= 0.6 is 0 Å². The van der Waals surface area contributed by atoms with Gasteiger partial charge in [-0.3, -0.25) is 9.36 Å². The second-order valence-electron chi connectivity index (χ2n) is 6.15. The molecule has 3 rings (SSSR count). The Labute approximate surface area is 135 Å². The van der Waals surface area contributed by atoms with Crippen molar-refractivity contribution in [2.24, 2.45) is 0 Å². The predicted molar refractivity (Wildman–Crippen MR) is 89.5 cm³/mol. The summed E-state index contributed by atoms with van der Waals surface area (Å²) in [5.74, 6) is -0.134. The number of hydrogen-bond donors (Lipinski definition) is 0. The van der Waals surface area contributed by atoms with Crippen LogP contribution in [0.5, 0.6) is 0 Å². The van der Waals surface area contributed by atoms with Gasteiger partial charge in [-0.1, -0.05) is 12.1 Å². The van der Waals surface area contributed by atoms with E-state index in [2.05, 4.69) is 6.58 Å². The molecular formula is C18H22N2O3. The molecule has 122 valence electrons. The minimum Gasteiger partial charge on any atom is -0.408 e. The summed E-state index contributed by atoms with van der Waals surface area (Å²) in [5, 5.41) is 0. The Morgan fingerprint density at radius 2 is 2.13 bits per heavy atom. The first-order valence-corrected chi connectivity index (χ1v) is 8.10. The summed E-state index contributed by atoms with van der Waals surface area (Å²) in [5.41, 5.74) is 2.55. The standard InChI is InChI=1S/C18H22N2O3/c1-3-4-5-17(21)19-10-8-14(9-11-19)20-15-7-6-13(2)12-16(15)23-18(20)22/h3,6-7,12,14H,1,4-5,8-11H2,2H3. The lowest BCUT2D eigenvalue weighted by Crippen LogP contribution is -2.40. The van der Waals surface area contributed by atoms with Crippen molar-refractivity contribution in [1.82, 2.24) is 9.47 Å². The number of rotatable bonds is 4.